The Labute approximate surface area is 98.4 Å². The number of likely N-dealkylation sites (tertiary alicyclic amines) is 1. The van der Waals surface area contributed by atoms with Gasteiger partial charge in [-0.05, 0) is 36.4 Å². The molecule has 88 valence electrons. The summed E-state index contributed by atoms with van der Waals surface area (Å²) in [5.74, 6) is 0.853. The lowest BCUT2D eigenvalue weighted by Crippen LogP contribution is -2.33. The maximum absolute atomic E-state index is 5.66. The minimum Gasteiger partial charge on any atom is -0.326 e. The van der Waals surface area contributed by atoms with Gasteiger partial charge in [0, 0.05) is 19.6 Å². The van der Waals surface area contributed by atoms with Crippen LogP contribution in [0.2, 0.25) is 0 Å². The minimum atomic E-state index is 0.643. The first-order chi connectivity index (χ1) is 7.78. The Morgan fingerprint density at radius 2 is 2.19 bits per heavy atom. The highest BCUT2D eigenvalue weighted by Gasteiger charge is 2.15. The summed E-state index contributed by atoms with van der Waals surface area (Å²) < 4.78 is 0. The van der Waals surface area contributed by atoms with Gasteiger partial charge in [0.15, 0.2) is 0 Å². The van der Waals surface area contributed by atoms with Crippen molar-refractivity contribution in [2.75, 3.05) is 13.1 Å². The maximum Gasteiger partial charge on any atom is 0.0233 e. The molecule has 1 aromatic rings. The Kier molecular flexibility index (Phi) is 3.97. The van der Waals surface area contributed by atoms with Gasteiger partial charge in [0.1, 0.15) is 0 Å². The lowest BCUT2D eigenvalue weighted by atomic mass is 9.99. The number of piperidine rings is 1. The monoisotopic (exact) mass is 218 g/mol. The van der Waals surface area contributed by atoms with Crippen molar-refractivity contribution in [2.24, 2.45) is 11.7 Å². The third-order valence-electron chi connectivity index (χ3n) is 3.37. The largest absolute Gasteiger partial charge is 0.326 e. The van der Waals surface area contributed by atoms with Crippen LogP contribution in [0, 0.1) is 5.92 Å². The van der Waals surface area contributed by atoms with Gasteiger partial charge in [-0.1, -0.05) is 31.2 Å². The van der Waals surface area contributed by atoms with Crippen LogP contribution < -0.4 is 5.73 Å². The molecule has 0 aromatic heterocycles. The number of rotatable bonds is 3. The Morgan fingerprint density at radius 3 is 2.94 bits per heavy atom. The molecule has 1 saturated heterocycles. The van der Waals surface area contributed by atoms with Crippen molar-refractivity contribution in [3.05, 3.63) is 35.4 Å². The van der Waals surface area contributed by atoms with Gasteiger partial charge in [-0.3, -0.25) is 4.90 Å². The van der Waals surface area contributed by atoms with Gasteiger partial charge < -0.3 is 5.73 Å². The van der Waals surface area contributed by atoms with Gasteiger partial charge >= 0.3 is 0 Å². The summed E-state index contributed by atoms with van der Waals surface area (Å²) in [5.41, 5.74) is 8.30. The highest BCUT2D eigenvalue weighted by molar-refractivity contribution is 5.23. The number of nitrogens with two attached hydrogens (primary N) is 1. The van der Waals surface area contributed by atoms with E-state index in [0.29, 0.717) is 6.54 Å². The van der Waals surface area contributed by atoms with Crippen LogP contribution >= 0.6 is 0 Å². The van der Waals surface area contributed by atoms with Crippen LogP contribution in [0.4, 0.5) is 0 Å². The average molecular weight is 218 g/mol. The van der Waals surface area contributed by atoms with Crippen LogP contribution in [0.5, 0.6) is 0 Å². The van der Waals surface area contributed by atoms with Crippen LogP contribution in [0.15, 0.2) is 24.3 Å². The summed E-state index contributed by atoms with van der Waals surface area (Å²) in [6, 6.07) is 8.66. The van der Waals surface area contributed by atoms with E-state index in [1.165, 1.54) is 37.1 Å². The van der Waals surface area contributed by atoms with Crippen molar-refractivity contribution in [3.8, 4) is 0 Å². The molecule has 0 amide bonds. The number of nitrogens with zero attached hydrogens (tertiary/aromatic N) is 1. The van der Waals surface area contributed by atoms with E-state index in [1.54, 1.807) is 0 Å². The second-order valence-corrected chi connectivity index (χ2v) is 5.01. The van der Waals surface area contributed by atoms with Crippen molar-refractivity contribution in [2.45, 2.75) is 32.9 Å². The lowest BCUT2D eigenvalue weighted by Gasteiger charge is -2.30. The van der Waals surface area contributed by atoms with Crippen LogP contribution in [0.25, 0.3) is 0 Å². The molecule has 0 saturated carbocycles. The summed E-state index contributed by atoms with van der Waals surface area (Å²) in [7, 11) is 0. The summed E-state index contributed by atoms with van der Waals surface area (Å²) in [6.07, 6.45) is 2.73. The van der Waals surface area contributed by atoms with Crippen LogP contribution in [-0.2, 0) is 13.1 Å². The van der Waals surface area contributed by atoms with E-state index in [0.717, 1.165) is 12.5 Å². The fourth-order valence-electron chi connectivity index (χ4n) is 2.54. The molecule has 0 bridgehead atoms. The topological polar surface area (TPSA) is 29.3 Å². The normalized spacial score (nSPS) is 22.2. The van der Waals surface area contributed by atoms with E-state index in [1.807, 2.05) is 0 Å². The number of hydrogen-bond acceptors (Lipinski definition) is 2. The molecule has 0 unspecified atom stereocenters. The second-order valence-electron chi connectivity index (χ2n) is 5.01. The zero-order valence-electron chi connectivity index (χ0n) is 10.2. The third kappa shape index (κ3) is 3.06. The summed E-state index contributed by atoms with van der Waals surface area (Å²) in [5, 5.41) is 0. The molecule has 1 aliphatic rings. The predicted octanol–water partition coefficient (Wildman–Crippen LogP) is 2.38. The fourth-order valence-corrected chi connectivity index (χ4v) is 2.54. The second kappa shape index (κ2) is 5.46. The molecule has 1 fully saturated rings. The summed E-state index contributed by atoms with van der Waals surface area (Å²) >= 11 is 0. The standard InChI is InChI=1S/C14H22N2/c1-12-4-3-7-16(10-12)11-14-6-2-5-13(8-14)9-15/h2,5-6,8,12H,3-4,7,9-11,15H2,1H3/t12-/m0/s1. The molecule has 2 nitrogen and oxygen atoms in total. The first-order valence-corrected chi connectivity index (χ1v) is 6.28. The van der Waals surface area contributed by atoms with Crippen molar-refractivity contribution in [1.29, 1.82) is 0 Å². The van der Waals surface area contributed by atoms with E-state index in [2.05, 4.69) is 36.1 Å². The van der Waals surface area contributed by atoms with Crippen LogP contribution in [-0.4, -0.2) is 18.0 Å². The Bertz CT molecular complexity index is 335. The molecule has 1 aromatic carbocycles. The fraction of sp³-hybridized carbons (Fsp3) is 0.571. The third-order valence-corrected chi connectivity index (χ3v) is 3.37. The van der Waals surface area contributed by atoms with Gasteiger partial charge in [0.25, 0.3) is 0 Å². The molecular weight excluding hydrogens is 196 g/mol. The molecule has 2 N–H and O–H groups in total. The zero-order chi connectivity index (χ0) is 11.4. The van der Waals surface area contributed by atoms with E-state index < -0.39 is 0 Å². The number of hydrogen-bond donors (Lipinski definition) is 1. The van der Waals surface area contributed by atoms with Crippen molar-refractivity contribution < 1.29 is 0 Å². The van der Waals surface area contributed by atoms with Crippen LogP contribution in [0.1, 0.15) is 30.9 Å². The number of benzene rings is 1. The van der Waals surface area contributed by atoms with Gasteiger partial charge in [-0.25, -0.2) is 0 Å². The molecule has 2 heteroatoms. The van der Waals surface area contributed by atoms with Crippen LogP contribution in [0.3, 0.4) is 0 Å². The molecule has 1 atom stereocenters. The van der Waals surface area contributed by atoms with Crippen molar-refractivity contribution in [1.82, 2.24) is 4.90 Å². The highest BCUT2D eigenvalue weighted by atomic mass is 15.1. The van der Waals surface area contributed by atoms with Gasteiger partial charge in [0.05, 0.1) is 0 Å². The highest BCUT2D eigenvalue weighted by Crippen LogP contribution is 2.18. The Hall–Kier alpha value is -0.860. The molecule has 2 rings (SSSR count). The van der Waals surface area contributed by atoms with Gasteiger partial charge in [-0.2, -0.15) is 0 Å². The Balaban J connectivity index is 1.97. The molecule has 0 aliphatic carbocycles. The van der Waals surface area contributed by atoms with Gasteiger partial charge in [0.2, 0.25) is 0 Å². The van der Waals surface area contributed by atoms with E-state index >= 15 is 0 Å². The lowest BCUT2D eigenvalue weighted by molar-refractivity contribution is 0.176. The smallest absolute Gasteiger partial charge is 0.0233 e. The van der Waals surface area contributed by atoms with E-state index in [-0.39, 0.29) is 0 Å². The quantitative estimate of drug-likeness (QED) is 0.844. The molecule has 0 radical (unpaired) electrons. The predicted molar refractivity (Wildman–Crippen MR) is 68.0 cm³/mol. The van der Waals surface area contributed by atoms with E-state index in [9.17, 15) is 0 Å². The maximum atomic E-state index is 5.66. The molecule has 0 spiro atoms. The minimum absolute atomic E-state index is 0.643. The van der Waals surface area contributed by atoms with E-state index in [4.69, 9.17) is 5.73 Å². The van der Waals surface area contributed by atoms with Crippen molar-refractivity contribution >= 4 is 0 Å². The summed E-state index contributed by atoms with van der Waals surface area (Å²) in [6.45, 7) is 6.56. The SMILES string of the molecule is C[C@H]1CCCN(Cc2cccc(CN)c2)C1. The van der Waals surface area contributed by atoms with Gasteiger partial charge in [-0.15, -0.1) is 0 Å². The average Bonchev–Trinajstić information content (AvgIpc) is 2.29. The zero-order valence-corrected chi connectivity index (χ0v) is 10.2. The van der Waals surface area contributed by atoms with Crippen molar-refractivity contribution in [3.63, 3.8) is 0 Å². The first-order valence-electron chi connectivity index (χ1n) is 6.28. The molecular formula is C14H22N2. The Morgan fingerprint density at radius 1 is 1.38 bits per heavy atom. The molecule has 1 aliphatic heterocycles. The molecule has 16 heavy (non-hydrogen) atoms. The molecule has 1 heterocycles. The summed E-state index contributed by atoms with van der Waals surface area (Å²) in [4.78, 5) is 2.56. The first kappa shape index (κ1) is 11.6.